The number of phenols is 2. The molecule has 0 aromatic heterocycles. The largest absolute Gasteiger partial charge is 0.508 e. The van der Waals surface area contributed by atoms with E-state index in [2.05, 4.69) is 0 Å². The molecule has 0 aliphatic heterocycles. The Morgan fingerprint density at radius 3 is 2.41 bits per heavy atom. The highest BCUT2D eigenvalue weighted by atomic mass is 16.5. The minimum absolute atomic E-state index is 0.0594. The zero-order valence-electron chi connectivity index (χ0n) is 12.1. The first kappa shape index (κ1) is 15.6. The van der Waals surface area contributed by atoms with E-state index in [1.165, 1.54) is 35.9 Å². The SMILES string of the molecule is O=C(/C=C/c1cc(O)cc(O)c1)OCCCc1ccccc1. The summed E-state index contributed by atoms with van der Waals surface area (Å²) in [6, 6.07) is 14.1. The van der Waals surface area contributed by atoms with Crippen LogP contribution in [0, 0.1) is 0 Å². The van der Waals surface area contributed by atoms with Crippen molar-refractivity contribution in [2.75, 3.05) is 6.61 Å². The van der Waals surface area contributed by atoms with Crippen LogP contribution in [-0.2, 0) is 16.0 Å². The highest BCUT2D eigenvalue weighted by Crippen LogP contribution is 2.21. The van der Waals surface area contributed by atoms with Gasteiger partial charge in [-0.2, -0.15) is 0 Å². The lowest BCUT2D eigenvalue weighted by molar-refractivity contribution is -0.137. The third-order valence-electron chi connectivity index (χ3n) is 3.03. The number of carbonyl (C=O) groups is 1. The molecule has 114 valence electrons. The summed E-state index contributed by atoms with van der Waals surface area (Å²) in [4.78, 5) is 11.6. The standard InChI is InChI=1S/C18H18O4/c19-16-11-15(12-17(20)13-16)8-9-18(21)22-10-4-7-14-5-2-1-3-6-14/h1-3,5-6,8-9,11-13,19-20H,4,7,10H2/b9-8+. The third-order valence-corrected chi connectivity index (χ3v) is 3.03. The van der Waals surface area contributed by atoms with Crippen molar-refractivity contribution in [3.8, 4) is 11.5 Å². The molecule has 0 fully saturated rings. The van der Waals surface area contributed by atoms with Crippen molar-refractivity contribution < 1.29 is 19.7 Å². The molecule has 0 unspecified atom stereocenters. The van der Waals surface area contributed by atoms with Gasteiger partial charge in [-0.1, -0.05) is 30.3 Å². The highest BCUT2D eigenvalue weighted by Gasteiger charge is 2.00. The second-order valence-corrected chi connectivity index (χ2v) is 4.87. The lowest BCUT2D eigenvalue weighted by atomic mass is 10.1. The number of ether oxygens (including phenoxy) is 1. The number of aryl methyl sites for hydroxylation is 1. The van der Waals surface area contributed by atoms with Crippen molar-refractivity contribution in [2.24, 2.45) is 0 Å². The lowest BCUT2D eigenvalue weighted by Gasteiger charge is -2.02. The monoisotopic (exact) mass is 298 g/mol. The number of aromatic hydroxyl groups is 2. The summed E-state index contributed by atoms with van der Waals surface area (Å²) in [5.41, 5.74) is 1.74. The van der Waals surface area contributed by atoms with Gasteiger partial charge in [-0.3, -0.25) is 0 Å². The fraction of sp³-hybridized carbons (Fsp3) is 0.167. The summed E-state index contributed by atoms with van der Waals surface area (Å²) in [5.74, 6) is -0.567. The Morgan fingerprint density at radius 1 is 1.05 bits per heavy atom. The summed E-state index contributed by atoms with van der Waals surface area (Å²) < 4.78 is 5.10. The number of phenolic OH excluding ortho intramolecular Hbond substituents is 2. The van der Waals surface area contributed by atoms with Crippen molar-refractivity contribution in [3.05, 3.63) is 65.7 Å². The maximum Gasteiger partial charge on any atom is 0.330 e. The van der Waals surface area contributed by atoms with Crippen LogP contribution in [0.4, 0.5) is 0 Å². The molecule has 0 amide bonds. The normalized spacial score (nSPS) is 10.7. The highest BCUT2D eigenvalue weighted by molar-refractivity contribution is 5.87. The molecule has 0 radical (unpaired) electrons. The van der Waals surface area contributed by atoms with Crippen LogP contribution in [0.3, 0.4) is 0 Å². The first-order valence-electron chi connectivity index (χ1n) is 7.05. The van der Waals surface area contributed by atoms with Crippen LogP contribution in [0.25, 0.3) is 6.08 Å². The second-order valence-electron chi connectivity index (χ2n) is 4.87. The maximum atomic E-state index is 11.6. The van der Waals surface area contributed by atoms with Gasteiger partial charge >= 0.3 is 5.97 Å². The van der Waals surface area contributed by atoms with Gasteiger partial charge in [0.15, 0.2) is 0 Å². The van der Waals surface area contributed by atoms with E-state index >= 15 is 0 Å². The van der Waals surface area contributed by atoms with E-state index in [9.17, 15) is 15.0 Å². The van der Waals surface area contributed by atoms with Gasteiger partial charge in [-0.15, -0.1) is 0 Å². The second kappa shape index (κ2) is 7.88. The van der Waals surface area contributed by atoms with Gasteiger partial charge in [0, 0.05) is 12.1 Å². The molecule has 0 aliphatic rings. The molecule has 2 aromatic carbocycles. The van der Waals surface area contributed by atoms with Gasteiger partial charge < -0.3 is 14.9 Å². The van der Waals surface area contributed by atoms with Crippen LogP contribution < -0.4 is 0 Å². The Hall–Kier alpha value is -2.75. The molecule has 2 aromatic rings. The van der Waals surface area contributed by atoms with Crippen molar-refractivity contribution in [1.29, 1.82) is 0 Å². The fourth-order valence-corrected chi connectivity index (χ4v) is 2.02. The number of esters is 1. The van der Waals surface area contributed by atoms with E-state index in [1.54, 1.807) is 0 Å². The van der Waals surface area contributed by atoms with E-state index in [1.807, 2.05) is 30.3 Å². The van der Waals surface area contributed by atoms with Crippen molar-refractivity contribution in [3.63, 3.8) is 0 Å². The van der Waals surface area contributed by atoms with Crippen LogP contribution in [-0.4, -0.2) is 22.8 Å². The van der Waals surface area contributed by atoms with E-state index in [4.69, 9.17) is 4.74 Å². The average molecular weight is 298 g/mol. The maximum absolute atomic E-state index is 11.6. The van der Waals surface area contributed by atoms with Crippen molar-refractivity contribution in [2.45, 2.75) is 12.8 Å². The molecule has 0 atom stereocenters. The lowest BCUT2D eigenvalue weighted by Crippen LogP contribution is -2.03. The molecule has 0 spiro atoms. The molecule has 4 nitrogen and oxygen atoms in total. The predicted molar refractivity (Wildman–Crippen MR) is 84.5 cm³/mol. The Kier molecular flexibility index (Phi) is 5.60. The summed E-state index contributed by atoms with van der Waals surface area (Å²) in [6.07, 6.45) is 4.38. The number of benzene rings is 2. The quantitative estimate of drug-likeness (QED) is 0.488. The molecule has 0 aliphatic carbocycles. The van der Waals surface area contributed by atoms with Crippen LogP contribution in [0.5, 0.6) is 11.5 Å². The van der Waals surface area contributed by atoms with Crippen LogP contribution >= 0.6 is 0 Å². The average Bonchev–Trinajstić information content (AvgIpc) is 2.50. The van der Waals surface area contributed by atoms with Crippen LogP contribution in [0.2, 0.25) is 0 Å². The van der Waals surface area contributed by atoms with Gasteiger partial charge in [0.1, 0.15) is 11.5 Å². The first-order chi connectivity index (χ1) is 10.6. The van der Waals surface area contributed by atoms with Crippen LogP contribution in [0.1, 0.15) is 17.5 Å². The van der Waals surface area contributed by atoms with Gasteiger partial charge in [0.25, 0.3) is 0 Å². The molecule has 0 bridgehead atoms. The van der Waals surface area contributed by atoms with Gasteiger partial charge in [0.2, 0.25) is 0 Å². The Bertz CT molecular complexity index is 627. The zero-order chi connectivity index (χ0) is 15.8. The Morgan fingerprint density at radius 2 is 1.73 bits per heavy atom. The first-order valence-corrected chi connectivity index (χ1v) is 7.05. The molecule has 0 heterocycles. The zero-order valence-corrected chi connectivity index (χ0v) is 12.1. The van der Waals surface area contributed by atoms with E-state index in [0.717, 1.165) is 12.8 Å². The van der Waals surface area contributed by atoms with Gasteiger partial charge in [0.05, 0.1) is 6.61 Å². The summed E-state index contributed by atoms with van der Waals surface area (Å²) in [5, 5.41) is 18.7. The molecular weight excluding hydrogens is 280 g/mol. The minimum Gasteiger partial charge on any atom is -0.508 e. The van der Waals surface area contributed by atoms with Crippen LogP contribution in [0.15, 0.2) is 54.6 Å². The third kappa shape index (κ3) is 5.32. The molecular formula is C18H18O4. The van der Waals surface area contributed by atoms with Crippen molar-refractivity contribution >= 4 is 12.0 Å². The van der Waals surface area contributed by atoms with E-state index in [-0.39, 0.29) is 11.5 Å². The summed E-state index contributed by atoms with van der Waals surface area (Å²) >= 11 is 0. The van der Waals surface area contributed by atoms with Gasteiger partial charge in [-0.25, -0.2) is 4.79 Å². The molecule has 4 heteroatoms. The predicted octanol–water partition coefficient (Wildman–Crippen LogP) is 3.29. The number of carbonyl (C=O) groups excluding carboxylic acids is 1. The Labute approximate surface area is 129 Å². The molecule has 0 saturated heterocycles. The van der Waals surface area contributed by atoms with E-state index in [0.29, 0.717) is 12.2 Å². The molecule has 22 heavy (non-hydrogen) atoms. The van der Waals surface area contributed by atoms with Gasteiger partial charge in [-0.05, 0) is 42.2 Å². The smallest absolute Gasteiger partial charge is 0.330 e. The molecule has 2 rings (SSSR count). The number of rotatable bonds is 6. The Balaban J connectivity index is 1.74. The fourth-order valence-electron chi connectivity index (χ4n) is 2.02. The number of hydrogen-bond acceptors (Lipinski definition) is 4. The summed E-state index contributed by atoms with van der Waals surface area (Å²) in [6.45, 7) is 0.351. The molecule has 0 saturated carbocycles. The summed E-state index contributed by atoms with van der Waals surface area (Å²) in [7, 11) is 0. The number of hydrogen-bond donors (Lipinski definition) is 2. The minimum atomic E-state index is -0.448. The van der Waals surface area contributed by atoms with Crippen molar-refractivity contribution in [1.82, 2.24) is 0 Å². The topological polar surface area (TPSA) is 66.8 Å². The molecule has 2 N–H and O–H groups in total. The van der Waals surface area contributed by atoms with E-state index < -0.39 is 5.97 Å².